The first kappa shape index (κ1) is 17.4. The van der Waals surface area contributed by atoms with Gasteiger partial charge in [-0.2, -0.15) is 0 Å². The van der Waals surface area contributed by atoms with E-state index in [0.717, 1.165) is 0 Å². The smallest absolute Gasteiger partial charge is 0.279 e. The molecule has 6 heteroatoms. The van der Waals surface area contributed by atoms with Crippen LogP contribution in [0, 0.1) is 0 Å². The predicted molar refractivity (Wildman–Crippen MR) is 90.7 cm³/mol. The Morgan fingerprint density at radius 3 is 2.21 bits per heavy atom. The number of benzene rings is 2. The van der Waals surface area contributed by atoms with E-state index < -0.39 is 0 Å². The molecule has 0 radical (unpaired) electrons. The first-order chi connectivity index (χ1) is 11.6. The molecule has 0 unspecified atom stereocenters. The summed E-state index contributed by atoms with van der Waals surface area (Å²) in [7, 11) is 1.54. The van der Waals surface area contributed by atoms with Crippen LogP contribution in [0.1, 0.15) is 15.9 Å². The van der Waals surface area contributed by atoms with E-state index in [0.29, 0.717) is 16.8 Å². The number of ketones is 1. The lowest BCUT2D eigenvalue weighted by Crippen LogP contribution is -2.88. The van der Waals surface area contributed by atoms with Gasteiger partial charge < -0.3 is 16.0 Å². The average Bonchev–Trinajstić information content (AvgIpc) is 2.62. The van der Waals surface area contributed by atoms with E-state index in [-0.39, 0.29) is 30.7 Å². The van der Waals surface area contributed by atoms with Crippen molar-refractivity contribution in [3.05, 3.63) is 65.7 Å². The Balaban J connectivity index is 2.05. The second-order valence-electron chi connectivity index (χ2n) is 5.16. The normalized spacial score (nSPS) is 10.0. The molecule has 24 heavy (non-hydrogen) atoms. The van der Waals surface area contributed by atoms with Gasteiger partial charge in [-0.1, -0.05) is 42.5 Å². The summed E-state index contributed by atoms with van der Waals surface area (Å²) in [5, 5.41) is 6.81. The molecule has 0 fully saturated rings. The minimum absolute atomic E-state index is 0.0985. The fraction of sp³-hybridized carbons (Fsp3) is 0.167. The number of hydrogen-bond donors (Lipinski definition) is 3. The molecule has 124 valence electrons. The molecule has 2 rings (SSSR count). The summed E-state index contributed by atoms with van der Waals surface area (Å²) in [6.07, 6.45) is 0. The number of amides is 2. The van der Waals surface area contributed by atoms with E-state index in [1.54, 1.807) is 60.9 Å². The molecule has 0 aliphatic heterocycles. The lowest BCUT2D eigenvalue weighted by atomic mass is 10.0. The monoisotopic (exact) mass is 326 g/mol. The number of nitrogens with one attached hydrogen (secondary N) is 2. The van der Waals surface area contributed by atoms with Crippen LogP contribution >= 0.6 is 0 Å². The molecule has 6 nitrogen and oxygen atoms in total. The number of likely N-dealkylation sites (N-methyl/N-ethyl adjacent to an activating group) is 1. The number of quaternary nitrogens is 1. The van der Waals surface area contributed by atoms with E-state index in [4.69, 9.17) is 0 Å². The Bertz CT molecular complexity index is 729. The lowest BCUT2D eigenvalue weighted by molar-refractivity contribution is -0.632. The van der Waals surface area contributed by atoms with Crippen molar-refractivity contribution in [3.8, 4) is 0 Å². The van der Waals surface area contributed by atoms with Gasteiger partial charge in [0.15, 0.2) is 18.9 Å². The Kier molecular flexibility index (Phi) is 6.22. The molecule has 0 aromatic heterocycles. The minimum atomic E-state index is -0.271. The molecule has 0 aliphatic carbocycles. The van der Waals surface area contributed by atoms with Crippen molar-refractivity contribution in [2.45, 2.75) is 0 Å². The Morgan fingerprint density at radius 2 is 1.50 bits per heavy atom. The van der Waals surface area contributed by atoms with Crippen molar-refractivity contribution >= 4 is 23.3 Å². The molecule has 4 N–H and O–H groups in total. The number of anilines is 1. The Hall–Kier alpha value is -2.99. The van der Waals surface area contributed by atoms with Crippen LogP contribution in [-0.4, -0.2) is 37.7 Å². The number of para-hydroxylation sites is 1. The van der Waals surface area contributed by atoms with Crippen LogP contribution in [-0.2, 0) is 9.59 Å². The third-order valence-electron chi connectivity index (χ3n) is 3.42. The van der Waals surface area contributed by atoms with Crippen LogP contribution in [0.25, 0.3) is 0 Å². The van der Waals surface area contributed by atoms with Gasteiger partial charge in [-0.25, -0.2) is 0 Å². The molecule has 0 saturated carbocycles. The third kappa shape index (κ3) is 4.76. The summed E-state index contributed by atoms with van der Waals surface area (Å²) in [5.41, 5.74) is 1.46. The number of carbonyl (C=O) groups is 3. The van der Waals surface area contributed by atoms with Crippen molar-refractivity contribution in [3.63, 3.8) is 0 Å². The maximum absolute atomic E-state index is 12.6. The topological polar surface area (TPSA) is 91.9 Å². The van der Waals surface area contributed by atoms with Crippen LogP contribution in [0.15, 0.2) is 54.6 Å². The molecule has 0 spiro atoms. The van der Waals surface area contributed by atoms with E-state index in [9.17, 15) is 14.4 Å². The highest BCUT2D eigenvalue weighted by atomic mass is 16.2. The largest absolute Gasteiger partial charge is 0.354 e. The highest BCUT2D eigenvalue weighted by Crippen LogP contribution is 2.19. The molecule has 0 saturated heterocycles. The second kappa shape index (κ2) is 8.59. The SMILES string of the molecule is CNC(=O)C[NH2+]CC(=O)Nc1ccccc1C(=O)c1ccccc1. The van der Waals surface area contributed by atoms with Gasteiger partial charge in [0.2, 0.25) is 0 Å². The van der Waals surface area contributed by atoms with Gasteiger partial charge >= 0.3 is 0 Å². The number of rotatable bonds is 7. The van der Waals surface area contributed by atoms with Crippen LogP contribution < -0.4 is 16.0 Å². The van der Waals surface area contributed by atoms with Crippen molar-refractivity contribution in [1.82, 2.24) is 5.32 Å². The van der Waals surface area contributed by atoms with E-state index in [1.165, 1.54) is 0 Å². The summed E-state index contributed by atoms with van der Waals surface area (Å²) in [4.78, 5) is 35.7. The molecule has 0 atom stereocenters. The number of carbonyl (C=O) groups excluding carboxylic acids is 3. The van der Waals surface area contributed by atoms with Crippen LogP contribution in [0.2, 0.25) is 0 Å². The van der Waals surface area contributed by atoms with E-state index >= 15 is 0 Å². The fourth-order valence-corrected chi connectivity index (χ4v) is 2.17. The van der Waals surface area contributed by atoms with Crippen molar-refractivity contribution in [2.24, 2.45) is 0 Å². The summed E-state index contributed by atoms with van der Waals surface area (Å²) in [6.45, 7) is 0.274. The first-order valence-corrected chi connectivity index (χ1v) is 7.62. The van der Waals surface area contributed by atoms with Crippen LogP contribution in [0.3, 0.4) is 0 Å². The maximum atomic E-state index is 12.6. The van der Waals surface area contributed by atoms with Crippen LogP contribution in [0.5, 0.6) is 0 Å². The highest BCUT2D eigenvalue weighted by Gasteiger charge is 2.15. The molecular formula is C18H20N3O3+. The molecule has 0 heterocycles. The molecular weight excluding hydrogens is 306 g/mol. The molecule has 0 bridgehead atoms. The quantitative estimate of drug-likeness (QED) is 0.633. The van der Waals surface area contributed by atoms with Crippen molar-refractivity contribution in [2.75, 3.05) is 25.5 Å². The predicted octanol–water partition coefficient (Wildman–Crippen LogP) is 0.166. The van der Waals surface area contributed by atoms with Gasteiger partial charge in [0.05, 0.1) is 5.69 Å². The maximum Gasteiger partial charge on any atom is 0.279 e. The number of nitrogens with two attached hydrogens (primary N) is 1. The molecule has 2 aromatic rings. The van der Waals surface area contributed by atoms with Gasteiger partial charge in [-0.3, -0.25) is 14.4 Å². The van der Waals surface area contributed by atoms with Gasteiger partial charge in [-0.05, 0) is 12.1 Å². The second-order valence-corrected chi connectivity index (χ2v) is 5.16. The first-order valence-electron chi connectivity index (χ1n) is 7.62. The number of hydrogen-bond acceptors (Lipinski definition) is 3. The van der Waals surface area contributed by atoms with Gasteiger partial charge in [0.25, 0.3) is 11.8 Å². The molecule has 0 aliphatic rings. The van der Waals surface area contributed by atoms with Gasteiger partial charge in [0.1, 0.15) is 0 Å². The lowest BCUT2D eigenvalue weighted by Gasteiger charge is -2.10. The zero-order chi connectivity index (χ0) is 17.4. The fourth-order valence-electron chi connectivity index (χ4n) is 2.17. The summed E-state index contributed by atoms with van der Waals surface area (Å²) in [6, 6.07) is 15.8. The highest BCUT2D eigenvalue weighted by molar-refractivity contribution is 6.13. The van der Waals surface area contributed by atoms with Crippen molar-refractivity contribution in [1.29, 1.82) is 0 Å². The average molecular weight is 326 g/mol. The summed E-state index contributed by atoms with van der Waals surface area (Å²) < 4.78 is 0. The molecule has 2 aromatic carbocycles. The van der Waals surface area contributed by atoms with Crippen molar-refractivity contribution < 1.29 is 19.7 Å². The van der Waals surface area contributed by atoms with E-state index in [1.807, 2.05) is 6.07 Å². The summed E-state index contributed by atoms with van der Waals surface area (Å²) >= 11 is 0. The Morgan fingerprint density at radius 1 is 0.875 bits per heavy atom. The Labute approximate surface area is 140 Å². The van der Waals surface area contributed by atoms with Gasteiger partial charge in [0, 0.05) is 18.2 Å². The minimum Gasteiger partial charge on any atom is -0.354 e. The zero-order valence-corrected chi connectivity index (χ0v) is 13.4. The standard InChI is InChI=1S/C18H19N3O3/c1-19-16(22)11-20-12-17(23)21-15-10-6-5-9-14(15)18(24)13-7-3-2-4-8-13/h2-10,20H,11-12H2,1H3,(H,19,22)(H,21,23)/p+1. The molecule has 2 amide bonds. The summed E-state index contributed by atoms with van der Waals surface area (Å²) in [5.74, 6) is -0.574. The van der Waals surface area contributed by atoms with Crippen LogP contribution in [0.4, 0.5) is 5.69 Å². The third-order valence-corrected chi connectivity index (χ3v) is 3.42. The zero-order valence-electron chi connectivity index (χ0n) is 13.4. The van der Waals surface area contributed by atoms with E-state index in [2.05, 4.69) is 10.6 Å². The van der Waals surface area contributed by atoms with Gasteiger partial charge in [-0.15, -0.1) is 0 Å².